The summed E-state index contributed by atoms with van der Waals surface area (Å²) >= 11 is 0. The van der Waals surface area contributed by atoms with E-state index in [4.69, 9.17) is 0 Å². The second-order valence-electron chi connectivity index (χ2n) is 7.31. The minimum atomic E-state index is 0.277. The largest absolute Gasteiger partial charge is 0.396 e. The summed E-state index contributed by atoms with van der Waals surface area (Å²) in [5.41, 5.74) is 1.93. The highest BCUT2D eigenvalue weighted by atomic mass is 16.2. The van der Waals surface area contributed by atoms with Crippen molar-refractivity contribution in [2.75, 3.05) is 33.8 Å². The molecule has 26 heavy (non-hydrogen) atoms. The van der Waals surface area contributed by atoms with Gasteiger partial charge in [-0.3, -0.25) is 9.88 Å². The van der Waals surface area contributed by atoms with E-state index in [1.54, 1.807) is 6.20 Å². The number of piperidine rings is 1. The predicted molar refractivity (Wildman–Crippen MR) is 102 cm³/mol. The first kappa shape index (κ1) is 18.9. The lowest BCUT2D eigenvalue weighted by atomic mass is 9.87. The zero-order chi connectivity index (χ0) is 18.4. The number of hydrogen-bond donors (Lipinski definition) is 1. The van der Waals surface area contributed by atoms with Gasteiger partial charge in [-0.2, -0.15) is 0 Å². The van der Waals surface area contributed by atoms with Crippen LogP contribution in [0.25, 0.3) is 11.5 Å². The van der Waals surface area contributed by atoms with Crippen LogP contribution in [0, 0.1) is 5.92 Å². The Bertz CT molecular complexity index is 662. The van der Waals surface area contributed by atoms with Gasteiger partial charge in [0.25, 0.3) is 0 Å². The third-order valence-electron chi connectivity index (χ3n) is 5.18. The molecule has 1 saturated heterocycles. The first-order valence-corrected chi connectivity index (χ1v) is 9.39. The van der Waals surface area contributed by atoms with Gasteiger partial charge >= 0.3 is 0 Å². The van der Waals surface area contributed by atoms with Gasteiger partial charge in [0, 0.05) is 49.9 Å². The minimum Gasteiger partial charge on any atom is -0.396 e. The summed E-state index contributed by atoms with van der Waals surface area (Å²) in [5, 5.41) is 9.19. The molecule has 3 heterocycles. The van der Waals surface area contributed by atoms with Crippen LogP contribution in [0.1, 0.15) is 24.8 Å². The number of pyridine rings is 1. The molecule has 1 aliphatic rings. The molecule has 0 amide bonds. The van der Waals surface area contributed by atoms with Gasteiger partial charge in [-0.1, -0.05) is 6.07 Å². The molecule has 0 radical (unpaired) electrons. The maximum atomic E-state index is 9.19. The molecule has 3 rings (SSSR count). The average Bonchev–Trinajstić information content (AvgIpc) is 2.67. The topological polar surface area (TPSA) is 65.4 Å². The lowest BCUT2D eigenvalue weighted by Gasteiger charge is -2.41. The van der Waals surface area contributed by atoms with Gasteiger partial charge in [0.1, 0.15) is 5.69 Å². The van der Waals surface area contributed by atoms with Crippen molar-refractivity contribution in [2.45, 2.75) is 31.8 Å². The van der Waals surface area contributed by atoms with E-state index < -0.39 is 0 Å². The number of aromatic nitrogens is 3. The van der Waals surface area contributed by atoms with Crippen molar-refractivity contribution in [1.29, 1.82) is 0 Å². The normalized spacial score (nSPS) is 21.2. The van der Waals surface area contributed by atoms with E-state index >= 15 is 0 Å². The van der Waals surface area contributed by atoms with E-state index in [9.17, 15) is 5.11 Å². The second kappa shape index (κ2) is 9.16. The van der Waals surface area contributed by atoms with Crippen molar-refractivity contribution in [3.05, 3.63) is 42.4 Å². The van der Waals surface area contributed by atoms with E-state index in [2.05, 4.69) is 38.8 Å². The average molecular weight is 355 g/mol. The van der Waals surface area contributed by atoms with Crippen molar-refractivity contribution in [2.24, 2.45) is 5.92 Å². The standard InChI is InChI=1S/C20H29N5O/c1-24(2)19-8-10-25(15-17(19)6-5-11-26)14-16-12-22-20(23-13-16)18-7-3-4-9-21-18/h3-4,7,9,12-13,17,19,26H,5-6,8,10-11,14-15H2,1-2H3/t17-,19+/m0/s1. The molecule has 0 bridgehead atoms. The molecular weight excluding hydrogens is 326 g/mol. The molecule has 0 saturated carbocycles. The molecule has 1 aliphatic heterocycles. The predicted octanol–water partition coefficient (Wildman–Crippen LogP) is 2.06. The van der Waals surface area contributed by atoms with Crippen LogP contribution in [0.2, 0.25) is 0 Å². The van der Waals surface area contributed by atoms with Gasteiger partial charge in [-0.25, -0.2) is 9.97 Å². The van der Waals surface area contributed by atoms with Crippen LogP contribution < -0.4 is 0 Å². The Hall–Kier alpha value is -1.89. The van der Waals surface area contributed by atoms with Crippen molar-refractivity contribution >= 4 is 0 Å². The molecule has 2 aromatic rings. The molecule has 6 nitrogen and oxygen atoms in total. The van der Waals surface area contributed by atoms with Crippen LogP contribution >= 0.6 is 0 Å². The van der Waals surface area contributed by atoms with Gasteiger partial charge in [0.05, 0.1) is 0 Å². The Kier molecular flexibility index (Phi) is 6.66. The zero-order valence-corrected chi connectivity index (χ0v) is 15.8. The molecule has 0 aliphatic carbocycles. The van der Waals surface area contributed by atoms with E-state index in [1.165, 1.54) is 0 Å². The summed E-state index contributed by atoms with van der Waals surface area (Å²) in [4.78, 5) is 18.1. The van der Waals surface area contributed by atoms with E-state index in [0.717, 1.165) is 50.2 Å². The molecule has 1 N–H and O–H groups in total. The van der Waals surface area contributed by atoms with Gasteiger partial charge in [0.15, 0.2) is 5.82 Å². The number of nitrogens with zero attached hydrogens (tertiary/aromatic N) is 5. The summed E-state index contributed by atoms with van der Waals surface area (Å²) < 4.78 is 0. The molecular formula is C20H29N5O. The van der Waals surface area contributed by atoms with Crippen molar-refractivity contribution in [3.63, 3.8) is 0 Å². The molecule has 1 fully saturated rings. The number of hydrogen-bond acceptors (Lipinski definition) is 6. The lowest BCUT2D eigenvalue weighted by molar-refractivity contribution is 0.0716. The van der Waals surface area contributed by atoms with Crippen molar-refractivity contribution in [3.8, 4) is 11.5 Å². The fourth-order valence-electron chi connectivity index (χ4n) is 3.88. The summed E-state index contributed by atoms with van der Waals surface area (Å²) in [6.45, 7) is 3.29. The molecule has 2 atom stereocenters. The third-order valence-corrected chi connectivity index (χ3v) is 5.18. The first-order valence-electron chi connectivity index (χ1n) is 9.39. The summed E-state index contributed by atoms with van der Waals surface area (Å²) in [6.07, 6.45) is 8.70. The zero-order valence-electron chi connectivity index (χ0n) is 15.8. The molecule has 0 unspecified atom stereocenters. The number of aliphatic hydroxyl groups is 1. The van der Waals surface area contributed by atoms with E-state index in [0.29, 0.717) is 17.8 Å². The van der Waals surface area contributed by atoms with Crippen molar-refractivity contribution in [1.82, 2.24) is 24.8 Å². The third kappa shape index (κ3) is 4.84. The van der Waals surface area contributed by atoms with Crippen LogP contribution in [0.3, 0.4) is 0 Å². The maximum Gasteiger partial charge on any atom is 0.178 e. The molecule has 0 aromatic carbocycles. The Morgan fingerprint density at radius 1 is 1.19 bits per heavy atom. The van der Waals surface area contributed by atoms with Crippen LogP contribution in [0.15, 0.2) is 36.8 Å². The van der Waals surface area contributed by atoms with Crippen LogP contribution in [0.5, 0.6) is 0 Å². The Morgan fingerprint density at radius 2 is 2.00 bits per heavy atom. The highest BCUT2D eigenvalue weighted by molar-refractivity contribution is 5.47. The number of likely N-dealkylation sites (tertiary alicyclic amines) is 1. The maximum absolute atomic E-state index is 9.19. The molecule has 0 spiro atoms. The van der Waals surface area contributed by atoms with Gasteiger partial charge in [0.2, 0.25) is 0 Å². The summed E-state index contributed by atoms with van der Waals surface area (Å²) in [5.74, 6) is 1.26. The van der Waals surface area contributed by atoms with Crippen LogP contribution in [-0.4, -0.2) is 69.7 Å². The lowest BCUT2D eigenvalue weighted by Crippen LogP contribution is -2.48. The Labute approximate surface area is 155 Å². The van der Waals surface area contributed by atoms with E-state index in [-0.39, 0.29) is 6.61 Å². The minimum absolute atomic E-state index is 0.277. The highest BCUT2D eigenvalue weighted by Crippen LogP contribution is 2.26. The van der Waals surface area contributed by atoms with Crippen molar-refractivity contribution < 1.29 is 5.11 Å². The van der Waals surface area contributed by atoms with Gasteiger partial charge < -0.3 is 10.0 Å². The SMILES string of the molecule is CN(C)[C@@H]1CCN(Cc2cnc(-c3ccccn3)nc2)C[C@@H]1CCCO. The van der Waals surface area contributed by atoms with E-state index in [1.807, 2.05) is 30.6 Å². The van der Waals surface area contributed by atoms with Crippen LogP contribution in [0.4, 0.5) is 0 Å². The smallest absolute Gasteiger partial charge is 0.178 e. The van der Waals surface area contributed by atoms with Gasteiger partial charge in [-0.05, 0) is 58.0 Å². The van der Waals surface area contributed by atoms with Gasteiger partial charge in [-0.15, -0.1) is 0 Å². The summed E-state index contributed by atoms with van der Waals surface area (Å²) in [7, 11) is 4.33. The molecule has 2 aromatic heterocycles. The van der Waals surface area contributed by atoms with Crippen LogP contribution in [-0.2, 0) is 6.54 Å². The number of aliphatic hydroxyl groups excluding tert-OH is 1. The Morgan fingerprint density at radius 3 is 2.65 bits per heavy atom. The number of rotatable bonds is 7. The monoisotopic (exact) mass is 355 g/mol. The summed E-state index contributed by atoms with van der Waals surface area (Å²) in [6, 6.07) is 6.36. The quantitative estimate of drug-likeness (QED) is 0.820. The second-order valence-corrected chi connectivity index (χ2v) is 7.31. The molecule has 6 heteroatoms. The Balaban J connectivity index is 1.61. The fraction of sp³-hybridized carbons (Fsp3) is 0.550. The highest BCUT2D eigenvalue weighted by Gasteiger charge is 2.30. The molecule has 140 valence electrons. The fourth-order valence-corrected chi connectivity index (χ4v) is 3.88. The first-order chi connectivity index (χ1) is 12.7.